The van der Waals surface area contributed by atoms with E-state index in [0.29, 0.717) is 27.6 Å². The molecule has 10 nitrogen and oxygen atoms in total. The van der Waals surface area contributed by atoms with Gasteiger partial charge in [0.05, 0.1) is 26.4 Å². The standard InChI is InChI=1S/C23H16N4O6S2/c1-13-10-20(26-33-13)27-35(30,31)16-8-6-15(7-9-16)24-23-25-22(29)19(34-23)11-14-12-32-18-5-3-2-4-17(18)21(14)28/h2-12H,1H3,(H,26,27)(H,24,25,29)/b19-11+. The number of sulfonamides is 1. The second-order valence-corrected chi connectivity index (χ2v) is 10.1. The van der Waals surface area contributed by atoms with Gasteiger partial charge >= 0.3 is 0 Å². The summed E-state index contributed by atoms with van der Waals surface area (Å²) in [6.07, 6.45) is 2.77. The van der Waals surface area contributed by atoms with E-state index in [1.807, 2.05) is 0 Å². The molecule has 176 valence electrons. The summed E-state index contributed by atoms with van der Waals surface area (Å²) in [7, 11) is -3.86. The number of nitrogens with one attached hydrogen (secondary N) is 2. The number of thioether (sulfide) groups is 1. The molecular formula is C23H16N4O6S2. The Hall–Kier alpha value is -4.16. The maximum Gasteiger partial charge on any atom is 0.264 e. The minimum absolute atomic E-state index is 0.00817. The van der Waals surface area contributed by atoms with Gasteiger partial charge in [-0.2, -0.15) is 0 Å². The van der Waals surface area contributed by atoms with Crippen LogP contribution < -0.4 is 15.5 Å². The van der Waals surface area contributed by atoms with Crippen LogP contribution in [-0.4, -0.2) is 24.6 Å². The van der Waals surface area contributed by atoms with Crippen LogP contribution in [0.4, 0.5) is 11.5 Å². The maximum absolute atomic E-state index is 12.7. The highest BCUT2D eigenvalue weighted by atomic mass is 32.2. The maximum atomic E-state index is 12.7. The van der Waals surface area contributed by atoms with Gasteiger partial charge in [-0.15, -0.1) is 0 Å². The smallest absolute Gasteiger partial charge is 0.264 e. The van der Waals surface area contributed by atoms with Gasteiger partial charge in [-0.1, -0.05) is 17.3 Å². The summed E-state index contributed by atoms with van der Waals surface area (Å²) in [6.45, 7) is 1.65. The third kappa shape index (κ3) is 4.74. The minimum atomic E-state index is -3.86. The SMILES string of the molecule is Cc1cc(NS(=O)(=O)c2ccc(N=C3NC(=O)/C(=C\c4coc5ccccc5c4=O)S3)cc2)no1. The van der Waals surface area contributed by atoms with Gasteiger partial charge in [-0.3, -0.25) is 14.3 Å². The van der Waals surface area contributed by atoms with Crippen molar-refractivity contribution < 1.29 is 22.2 Å². The number of hydrogen-bond donors (Lipinski definition) is 2. The third-order valence-electron chi connectivity index (χ3n) is 4.89. The van der Waals surface area contributed by atoms with E-state index in [4.69, 9.17) is 8.94 Å². The van der Waals surface area contributed by atoms with Crippen molar-refractivity contribution in [3.05, 3.63) is 87.3 Å². The number of rotatable bonds is 5. The molecule has 0 unspecified atom stereocenters. The molecule has 0 radical (unpaired) electrons. The van der Waals surface area contributed by atoms with E-state index in [0.717, 1.165) is 11.8 Å². The Morgan fingerprint density at radius 2 is 1.89 bits per heavy atom. The first-order chi connectivity index (χ1) is 16.8. The quantitative estimate of drug-likeness (QED) is 0.388. The monoisotopic (exact) mass is 508 g/mol. The molecule has 2 aromatic heterocycles. The minimum Gasteiger partial charge on any atom is -0.463 e. The predicted molar refractivity (Wildman–Crippen MR) is 132 cm³/mol. The van der Waals surface area contributed by atoms with Gasteiger partial charge in [-0.25, -0.2) is 13.4 Å². The van der Waals surface area contributed by atoms with E-state index < -0.39 is 15.9 Å². The van der Waals surface area contributed by atoms with Crippen LogP contribution in [0.1, 0.15) is 11.3 Å². The zero-order valence-corrected chi connectivity index (χ0v) is 19.6. The van der Waals surface area contributed by atoms with Gasteiger partial charge in [0.1, 0.15) is 17.6 Å². The number of para-hydroxylation sites is 1. The van der Waals surface area contributed by atoms with Gasteiger partial charge in [0, 0.05) is 6.07 Å². The van der Waals surface area contributed by atoms with Crippen molar-refractivity contribution in [2.75, 3.05) is 4.72 Å². The van der Waals surface area contributed by atoms with Crippen LogP contribution in [0, 0.1) is 6.92 Å². The molecule has 0 atom stereocenters. The Balaban J connectivity index is 1.34. The van der Waals surface area contributed by atoms with Gasteiger partial charge in [-0.05, 0) is 61.2 Å². The number of anilines is 1. The molecule has 0 spiro atoms. The van der Waals surface area contributed by atoms with Crippen molar-refractivity contribution in [2.24, 2.45) is 4.99 Å². The third-order valence-corrected chi connectivity index (χ3v) is 7.17. The van der Waals surface area contributed by atoms with E-state index in [1.165, 1.54) is 42.7 Å². The lowest BCUT2D eigenvalue weighted by Crippen LogP contribution is -2.19. The summed E-state index contributed by atoms with van der Waals surface area (Å²) in [6, 6.07) is 14.1. The van der Waals surface area contributed by atoms with Crippen molar-refractivity contribution in [3.63, 3.8) is 0 Å². The number of amidine groups is 1. The first kappa shape index (κ1) is 22.6. The molecular weight excluding hydrogens is 492 g/mol. The van der Waals surface area contributed by atoms with Gasteiger partial charge < -0.3 is 14.3 Å². The molecule has 2 N–H and O–H groups in total. The van der Waals surface area contributed by atoms with Crippen LogP contribution >= 0.6 is 11.8 Å². The van der Waals surface area contributed by atoms with E-state index in [9.17, 15) is 18.0 Å². The van der Waals surface area contributed by atoms with Crippen molar-refractivity contribution in [3.8, 4) is 0 Å². The molecule has 2 aromatic carbocycles. The normalized spacial score (nSPS) is 16.2. The molecule has 1 aliphatic rings. The number of aliphatic imine (C=N–C) groups is 1. The molecule has 0 aliphatic carbocycles. The zero-order chi connectivity index (χ0) is 24.6. The molecule has 1 aliphatic heterocycles. The molecule has 0 saturated carbocycles. The topological polar surface area (TPSA) is 144 Å². The van der Waals surface area contributed by atoms with Crippen molar-refractivity contribution >= 4 is 61.4 Å². The highest BCUT2D eigenvalue weighted by molar-refractivity contribution is 8.18. The molecule has 3 heterocycles. The summed E-state index contributed by atoms with van der Waals surface area (Å²) in [5.74, 6) is 0.143. The lowest BCUT2D eigenvalue weighted by atomic mass is 10.1. The van der Waals surface area contributed by atoms with E-state index in [1.54, 1.807) is 31.2 Å². The van der Waals surface area contributed by atoms with E-state index >= 15 is 0 Å². The van der Waals surface area contributed by atoms with Crippen molar-refractivity contribution in [1.82, 2.24) is 10.5 Å². The Labute approximate surface area is 202 Å². The number of aromatic nitrogens is 1. The van der Waals surface area contributed by atoms with Gasteiger partial charge in [0.2, 0.25) is 0 Å². The lowest BCUT2D eigenvalue weighted by Gasteiger charge is -2.05. The summed E-state index contributed by atoms with van der Waals surface area (Å²) >= 11 is 1.06. The van der Waals surface area contributed by atoms with Gasteiger partial charge in [0.15, 0.2) is 16.4 Å². The van der Waals surface area contributed by atoms with E-state index in [-0.39, 0.29) is 26.6 Å². The van der Waals surface area contributed by atoms with E-state index in [2.05, 4.69) is 20.2 Å². The van der Waals surface area contributed by atoms with Crippen LogP contribution in [0.5, 0.6) is 0 Å². The number of amides is 1. The second-order valence-electron chi connectivity index (χ2n) is 7.42. The molecule has 1 fully saturated rings. The number of hydrogen-bond acceptors (Lipinski definition) is 9. The van der Waals surface area contributed by atoms with Crippen molar-refractivity contribution in [2.45, 2.75) is 11.8 Å². The average molecular weight is 509 g/mol. The molecule has 1 saturated heterocycles. The number of fused-ring (bicyclic) bond motifs is 1. The van der Waals surface area contributed by atoms with Crippen LogP contribution in [0.25, 0.3) is 17.0 Å². The summed E-state index contributed by atoms with van der Waals surface area (Å²) in [5.41, 5.74) is 0.883. The molecule has 4 aromatic rings. The second kappa shape index (κ2) is 8.89. The highest BCUT2D eigenvalue weighted by Crippen LogP contribution is 2.28. The zero-order valence-electron chi connectivity index (χ0n) is 18.0. The number of carbonyl (C=O) groups is 1. The molecule has 12 heteroatoms. The number of carbonyl (C=O) groups excluding carboxylic acids is 1. The Morgan fingerprint density at radius 1 is 1.11 bits per heavy atom. The number of aryl methyl sites for hydroxylation is 1. The average Bonchev–Trinajstić information content (AvgIpc) is 3.39. The Kier molecular flexibility index (Phi) is 5.75. The number of nitrogens with zero attached hydrogens (tertiary/aromatic N) is 2. The Morgan fingerprint density at radius 3 is 2.63 bits per heavy atom. The Bertz CT molecular complexity index is 1690. The van der Waals surface area contributed by atoms with Crippen LogP contribution in [0.15, 0.2) is 89.4 Å². The van der Waals surface area contributed by atoms with Crippen LogP contribution in [-0.2, 0) is 14.8 Å². The molecule has 35 heavy (non-hydrogen) atoms. The highest BCUT2D eigenvalue weighted by Gasteiger charge is 2.24. The summed E-state index contributed by atoms with van der Waals surface area (Å²) < 4.78 is 37.7. The van der Waals surface area contributed by atoms with Crippen molar-refractivity contribution in [1.29, 1.82) is 0 Å². The fraction of sp³-hybridized carbons (Fsp3) is 0.0435. The largest absolute Gasteiger partial charge is 0.463 e. The first-order valence-corrected chi connectivity index (χ1v) is 12.4. The van der Waals surface area contributed by atoms with Crippen LogP contribution in [0.2, 0.25) is 0 Å². The fourth-order valence-electron chi connectivity index (χ4n) is 3.24. The predicted octanol–water partition coefficient (Wildman–Crippen LogP) is 3.78. The van der Waals surface area contributed by atoms with Gasteiger partial charge in [0.25, 0.3) is 15.9 Å². The number of benzene rings is 2. The lowest BCUT2D eigenvalue weighted by molar-refractivity contribution is -0.115. The summed E-state index contributed by atoms with van der Waals surface area (Å²) in [5, 5.41) is 6.96. The first-order valence-electron chi connectivity index (χ1n) is 10.1. The molecule has 5 rings (SSSR count). The fourth-order valence-corrected chi connectivity index (χ4v) is 5.06. The van der Waals surface area contributed by atoms with Crippen LogP contribution in [0.3, 0.4) is 0 Å². The molecule has 0 bridgehead atoms. The molecule has 1 amide bonds. The summed E-state index contributed by atoms with van der Waals surface area (Å²) in [4.78, 5) is 29.7.